The van der Waals surface area contributed by atoms with Crippen LogP contribution < -0.4 is 20.7 Å². The van der Waals surface area contributed by atoms with Gasteiger partial charge in [0.1, 0.15) is 5.75 Å². The number of allylic oxidation sites excluding steroid dienone is 1. The van der Waals surface area contributed by atoms with Gasteiger partial charge in [0, 0.05) is 15.2 Å². The van der Waals surface area contributed by atoms with Crippen molar-refractivity contribution < 1.29 is 9.53 Å². The van der Waals surface area contributed by atoms with Crippen LogP contribution in [0.3, 0.4) is 0 Å². The Bertz CT molecular complexity index is 948. The SMILES string of the molecule is COc1ccc(Cl)cc1NC(=O)C1=C(C)NC(=S)NC1c1cccc(Br)c1. The van der Waals surface area contributed by atoms with Gasteiger partial charge in [-0.05, 0) is 55.0 Å². The lowest BCUT2D eigenvalue weighted by Gasteiger charge is -2.30. The molecule has 0 aromatic heterocycles. The van der Waals surface area contributed by atoms with Gasteiger partial charge in [-0.2, -0.15) is 0 Å². The average Bonchev–Trinajstić information content (AvgIpc) is 2.61. The van der Waals surface area contributed by atoms with Crippen LogP contribution in [0.5, 0.6) is 5.75 Å². The summed E-state index contributed by atoms with van der Waals surface area (Å²) in [6.07, 6.45) is 0. The summed E-state index contributed by atoms with van der Waals surface area (Å²) in [7, 11) is 1.54. The Labute approximate surface area is 176 Å². The number of halogens is 2. The number of carbonyl (C=O) groups is 1. The van der Waals surface area contributed by atoms with Gasteiger partial charge in [-0.15, -0.1) is 0 Å². The molecule has 1 aliphatic rings. The van der Waals surface area contributed by atoms with Crippen molar-refractivity contribution in [2.45, 2.75) is 13.0 Å². The molecule has 5 nitrogen and oxygen atoms in total. The zero-order valence-corrected chi connectivity index (χ0v) is 17.8. The van der Waals surface area contributed by atoms with Crippen LogP contribution >= 0.6 is 39.7 Å². The van der Waals surface area contributed by atoms with Gasteiger partial charge in [0.2, 0.25) is 0 Å². The van der Waals surface area contributed by atoms with E-state index in [1.807, 2.05) is 31.2 Å². The Morgan fingerprint density at radius 2 is 2.07 bits per heavy atom. The molecule has 1 atom stereocenters. The van der Waals surface area contributed by atoms with Gasteiger partial charge < -0.3 is 20.7 Å². The fraction of sp³-hybridized carbons (Fsp3) is 0.158. The van der Waals surface area contributed by atoms with E-state index < -0.39 is 0 Å². The van der Waals surface area contributed by atoms with E-state index in [1.165, 1.54) is 7.11 Å². The molecule has 1 amide bonds. The van der Waals surface area contributed by atoms with E-state index in [9.17, 15) is 4.79 Å². The lowest BCUT2D eigenvalue weighted by molar-refractivity contribution is -0.113. The minimum absolute atomic E-state index is 0.277. The molecule has 0 radical (unpaired) electrons. The number of thiocarbonyl (C=S) groups is 1. The monoisotopic (exact) mass is 465 g/mol. The minimum atomic E-state index is -0.388. The highest BCUT2D eigenvalue weighted by atomic mass is 79.9. The fourth-order valence-corrected chi connectivity index (χ4v) is 3.76. The maximum absolute atomic E-state index is 13.1. The summed E-state index contributed by atoms with van der Waals surface area (Å²) in [4.78, 5) is 13.1. The van der Waals surface area contributed by atoms with Gasteiger partial charge in [0.25, 0.3) is 5.91 Å². The molecule has 3 N–H and O–H groups in total. The van der Waals surface area contributed by atoms with Gasteiger partial charge in [0.15, 0.2) is 5.11 Å². The summed E-state index contributed by atoms with van der Waals surface area (Å²) in [5, 5.41) is 10.0. The van der Waals surface area contributed by atoms with Crippen molar-refractivity contribution in [3.05, 3.63) is 68.8 Å². The van der Waals surface area contributed by atoms with Crippen molar-refractivity contribution in [2.24, 2.45) is 0 Å². The summed E-state index contributed by atoms with van der Waals surface area (Å²) in [6.45, 7) is 1.82. The van der Waals surface area contributed by atoms with Crippen molar-refractivity contribution in [3.8, 4) is 5.75 Å². The molecule has 2 aromatic carbocycles. The van der Waals surface area contributed by atoms with Crippen LogP contribution in [-0.4, -0.2) is 18.1 Å². The number of amides is 1. The lowest BCUT2D eigenvalue weighted by Crippen LogP contribution is -2.45. The minimum Gasteiger partial charge on any atom is -0.495 e. The number of hydrogen-bond acceptors (Lipinski definition) is 3. The first-order valence-electron chi connectivity index (χ1n) is 8.07. The second-order valence-corrected chi connectivity index (χ2v) is 7.68. The Hall–Kier alpha value is -2.09. The molecule has 2 aromatic rings. The van der Waals surface area contributed by atoms with E-state index in [-0.39, 0.29) is 11.9 Å². The lowest BCUT2D eigenvalue weighted by atomic mass is 9.95. The third kappa shape index (κ3) is 4.43. The molecular weight excluding hydrogens is 450 g/mol. The quantitative estimate of drug-likeness (QED) is 0.577. The van der Waals surface area contributed by atoms with Crippen LogP contribution in [0, 0.1) is 0 Å². The molecule has 1 unspecified atom stereocenters. The smallest absolute Gasteiger partial charge is 0.255 e. The number of anilines is 1. The van der Waals surface area contributed by atoms with Crippen LogP contribution in [0.4, 0.5) is 5.69 Å². The molecule has 0 saturated carbocycles. The molecule has 140 valence electrons. The van der Waals surface area contributed by atoms with E-state index in [0.717, 1.165) is 10.0 Å². The normalized spacial score (nSPS) is 16.4. The molecule has 1 heterocycles. The topological polar surface area (TPSA) is 62.4 Å². The molecule has 0 aliphatic carbocycles. The van der Waals surface area contributed by atoms with Crippen LogP contribution in [0.1, 0.15) is 18.5 Å². The summed E-state index contributed by atoms with van der Waals surface area (Å²) in [6, 6.07) is 12.4. The van der Waals surface area contributed by atoms with E-state index in [0.29, 0.717) is 32.8 Å². The molecular formula is C19H17BrClN3O2S. The summed E-state index contributed by atoms with van der Waals surface area (Å²) in [5.74, 6) is 0.248. The fourth-order valence-electron chi connectivity index (χ4n) is 2.90. The Balaban J connectivity index is 1.98. The van der Waals surface area contributed by atoms with Crippen molar-refractivity contribution in [1.82, 2.24) is 10.6 Å². The van der Waals surface area contributed by atoms with Crippen molar-refractivity contribution in [2.75, 3.05) is 12.4 Å². The van der Waals surface area contributed by atoms with Crippen molar-refractivity contribution in [3.63, 3.8) is 0 Å². The third-order valence-corrected chi connectivity index (χ3v) is 5.05. The summed E-state index contributed by atoms with van der Waals surface area (Å²) >= 11 is 14.8. The predicted octanol–water partition coefficient (Wildman–Crippen LogP) is 4.54. The number of benzene rings is 2. The van der Waals surface area contributed by atoms with Gasteiger partial charge in [-0.25, -0.2) is 0 Å². The third-order valence-electron chi connectivity index (χ3n) is 4.11. The first-order chi connectivity index (χ1) is 12.9. The highest BCUT2D eigenvalue weighted by Gasteiger charge is 2.30. The van der Waals surface area contributed by atoms with E-state index in [2.05, 4.69) is 31.9 Å². The first kappa shape index (κ1) is 19.7. The maximum atomic E-state index is 13.1. The number of carbonyl (C=O) groups excluding carboxylic acids is 1. The zero-order valence-electron chi connectivity index (χ0n) is 14.6. The molecule has 0 spiro atoms. The van der Waals surface area contributed by atoms with Crippen LogP contribution in [0.25, 0.3) is 0 Å². The first-order valence-corrected chi connectivity index (χ1v) is 9.65. The molecule has 8 heteroatoms. The van der Waals surface area contributed by atoms with Crippen LogP contribution in [0.15, 0.2) is 58.2 Å². The molecule has 1 aliphatic heterocycles. The molecule has 0 fully saturated rings. The summed E-state index contributed by atoms with van der Waals surface area (Å²) < 4.78 is 6.23. The van der Waals surface area contributed by atoms with E-state index >= 15 is 0 Å². The second-order valence-electron chi connectivity index (χ2n) is 5.92. The standard InChI is InChI=1S/C19H17BrClN3O2S/c1-10-16(18(25)23-14-9-13(21)6-7-15(14)26-2)17(24-19(27)22-10)11-4-3-5-12(20)8-11/h3-9,17H,1-2H3,(H,23,25)(H2,22,24,27). The molecule has 3 rings (SSSR count). The Kier molecular flexibility index (Phi) is 6.04. The van der Waals surface area contributed by atoms with Crippen LogP contribution in [0.2, 0.25) is 5.02 Å². The Morgan fingerprint density at radius 3 is 2.78 bits per heavy atom. The maximum Gasteiger partial charge on any atom is 0.255 e. The van der Waals surface area contributed by atoms with Gasteiger partial charge >= 0.3 is 0 Å². The highest BCUT2D eigenvalue weighted by Crippen LogP contribution is 2.32. The Morgan fingerprint density at radius 1 is 1.30 bits per heavy atom. The van der Waals surface area contributed by atoms with E-state index in [1.54, 1.807) is 18.2 Å². The molecule has 27 heavy (non-hydrogen) atoms. The van der Waals surface area contributed by atoms with Gasteiger partial charge in [-0.3, -0.25) is 4.79 Å². The molecule has 0 bridgehead atoms. The number of nitrogens with one attached hydrogen (secondary N) is 3. The largest absolute Gasteiger partial charge is 0.495 e. The predicted molar refractivity (Wildman–Crippen MR) is 115 cm³/mol. The van der Waals surface area contributed by atoms with E-state index in [4.69, 9.17) is 28.6 Å². The second kappa shape index (κ2) is 8.29. The van der Waals surface area contributed by atoms with Gasteiger partial charge in [-0.1, -0.05) is 39.7 Å². The zero-order chi connectivity index (χ0) is 19.6. The number of hydrogen-bond donors (Lipinski definition) is 3. The number of rotatable bonds is 4. The van der Waals surface area contributed by atoms with Crippen LogP contribution in [-0.2, 0) is 4.79 Å². The summed E-state index contributed by atoms with van der Waals surface area (Å²) in [5.41, 5.74) is 2.62. The number of ether oxygens (including phenoxy) is 1. The highest BCUT2D eigenvalue weighted by molar-refractivity contribution is 9.10. The average molecular weight is 467 g/mol. The van der Waals surface area contributed by atoms with Crippen molar-refractivity contribution >= 4 is 56.5 Å². The molecule has 0 saturated heterocycles. The van der Waals surface area contributed by atoms with Gasteiger partial charge in [0.05, 0.1) is 24.4 Å². The van der Waals surface area contributed by atoms with Crippen molar-refractivity contribution in [1.29, 1.82) is 0 Å². The number of methoxy groups -OCH3 is 1.